The number of carbonyl (C=O) groups is 2. The van der Waals surface area contributed by atoms with Crippen molar-refractivity contribution < 1.29 is 9.59 Å². The van der Waals surface area contributed by atoms with Gasteiger partial charge < -0.3 is 16.4 Å². The number of rotatable bonds is 5. The third-order valence-corrected chi connectivity index (χ3v) is 4.15. The Balaban J connectivity index is 1.94. The first-order valence-corrected chi connectivity index (χ1v) is 7.89. The zero-order valence-electron chi connectivity index (χ0n) is 13.0. The van der Waals surface area contributed by atoms with E-state index in [0.717, 1.165) is 25.7 Å². The van der Waals surface area contributed by atoms with Gasteiger partial charge >= 0.3 is 0 Å². The van der Waals surface area contributed by atoms with Gasteiger partial charge in [0.2, 0.25) is 5.91 Å². The molecule has 1 aromatic heterocycles. The lowest BCUT2D eigenvalue weighted by Gasteiger charge is -2.26. The first kappa shape index (κ1) is 16.4. The monoisotopic (exact) mass is 304 g/mol. The van der Waals surface area contributed by atoms with Crippen LogP contribution in [0.25, 0.3) is 0 Å². The molecule has 0 saturated heterocycles. The van der Waals surface area contributed by atoms with Crippen LogP contribution in [-0.4, -0.2) is 29.9 Å². The van der Waals surface area contributed by atoms with E-state index >= 15 is 0 Å². The van der Waals surface area contributed by atoms with Crippen molar-refractivity contribution in [3.05, 3.63) is 24.0 Å². The summed E-state index contributed by atoms with van der Waals surface area (Å²) >= 11 is 0. The number of amides is 2. The summed E-state index contributed by atoms with van der Waals surface area (Å²) in [4.78, 5) is 28.1. The molecule has 0 aromatic carbocycles. The molecule has 1 aromatic rings. The minimum Gasteiger partial charge on any atom is -0.351 e. The van der Waals surface area contributed by atoms with Gasteiger partial charge in [0, 0.05) is 24.3 Å². The number of anilines is 1. The summed E-state index contributed by atoms with van der Waals surface area (Å²) in [6.45, 7) is 3.09. The van der Waals surface area contributed by atoms with Crippen molar-refractivity contribution in [1.82, 2.24) is 10.3 Å². The van der Waals surface area contributed by atoms with Gasteiger partial charge in [0.15, 0.2) is 0 Å². The number of hydrogen-bond acceptors (Lipinski definition) is 4. The van der Waals surface area contributed by atoms with Crippen LogP contribution >= 0.6 is 0 Å². The molecule has 1 aliphatic carbocycles. The topological polar surface area (TPSA) is 97.1 Å². The Morgan fingerprint density at radius 1 is 1.32 bits per heavy atom. The van der Waals surface area contributed by atoms with Gasteiger partial charge in [0.05, 0.1) is 0 Å². The van der Waals surface area contributed by atoms with Crippen molar-refractivity contribution in [2.45, 2.75) is 32.6 Å². The lowest BCUT2D eigenvalue weighted by atomic mass is 9.81. The molecule has 0 spiro atoms. The summed E-state index contributed by atoms with van der Waals surface area (Å²) in [6.07, 6.45) is 5.31. The molecule has 0 atom stereocenters. The summed E-state index contributed by atoms with van der Waals surface area (Å²) in [6, 6.07) is 3.31. The first-order chi connectivity index (χ1) is 10.6. The van der Waals surface area contributed by atoms with E-state index < -0.39 is 0 Å². The highest BCUT2D eigenvalue weighted by molar-refractivity contribution is 5.96. The highest BCUT2D eigenvalue weighted by atomic mass is 16.2. The van der Waals surface area contributed by atoms with Gasteiger partial charge in [-0.05, 0) is 57.2 Å². The van der Waals surface area contributed by atoms with Crippen molar-refractivity contribution in [3.8, 4) is 0 Å². The van der Waals surface area contributed by atoms with Crippen LogP contribution in [0.2, 0.25) is 0 Å². The fourth-order valence-electron chi connectivity index (χ4n) is 2.79. The van der Waals surface area contributed by atoms with Gasteiger partial charge in [-0.3, -0.25) is 14.6 Å². The summed E-state index contributed by atoms with van der Waals surface area (Å²) < 4.78 is 0. The van der Waals surface area contributed by atoms with Crippen LogP contribution in [0, 0.1) is 11.8 Å². The average molecular weight is 304 g/mol. The Morgan fingerprint density at radius 3 is 2.68 bits per heavy atom. The van der Waals surface area contributed by atoms with Gasteiger partial charge in [-0.15, -0.1) is 0 Å². The Morgan fingerprint density at radius 2 is 2.05 bits per heavy atom. The van der Waals surface area contributed by atoms with Crippen LogP contribution in [0.15, 0.2) is 18.3 Å². The standard InChI is InChI=1S/C16H24N4O2/c1-2-18-16(22)14-9-13(7-8-19-14)20-15(21)12-5-3-11(10-17)4-6-12/h7-9,11-12H,2-6,10,17H2,1H3,(H,18,22)(H,19,20,21)/t11-,12-. The molecule has 0 radical (unpaired) electrons. The minimum absolute atomic E-state index is 0.0171. The number of nitrogens with one attached hydrogen (secondary N) is 2. The maximum absolute atomic E-state index is 12.3. The molecule has 6 nitrogen and oxygen atoms in total. The largest absolute Gasteiger partial charge is 0.351 e. The fourth-order valence-corrected chi connectivity index (χ4v) is 2.79. The molecule has 1 aliphatic rings. The highest BCUT2D eigenvalue weighted by Crippen LogP contribution is 2.29. The molecule has 1 heterocycles. The molecular weight excluding hydrogens is 280 g/mol. The number of carbonyl (C=O) groups excluding carboxylic acids is 2. The molecular formula is C16H24N4O2. The SMILES string of the molecule is CCNC(=O)c1cc(NC(=O)[C@H]2CC[C@H](CN)CC2)ccn1. The number of nitrogens with zero attached hydrogens (tertiary/aromatic N) is 1. The summed E-state index contributed by atoms with van der Waals surface area (Å²) in [5, 5.41) is 5.58. The summed E-state index contributed by atoms with van der Waals surface area (Å²) in [5.74, 6) is 0.365. The smallest absolute Gasteiger partial charge is 0.269 e. The van der Waals surface area contributed by atoms with Crippen molar-refractivity contribution in [2.24, 2.45) is 17.6 Å². The number of hydrogen-bond donors (Lipinski definition) is 3. The van der Waals surface area contributed by atoms with Gasteiger partial charge in [0.25, 0.3) is 5.91 Å². The van der Waals surface area contributed by atoms with Gasteiger partial charge in [0.1, 0.15) is 5.69 Å². The second-order valence-electron chi connectivity index (χ2n) is 5.73. The van der Waals surface area contributed by atoms with Gasteiger partial charge in [-0.2, -0.15) is 0 Å². The molecule has 4 N–H and O–H groups in total. The number of pyridine rings is 1. The van der Waals surface area contributed by atoms with E-state index in [1.165, 1.54) is 6.20 Å². The van der Waals surface area contributed by atoms with Crippen LogP contribution in [0.3, 0.4) is 0 Å². The maximum atomic E-state index is 12.3. The van der Waals surface area contributed by atoms with Crippen LogP contribution in [-0.2, 0) is 4.79 Å². The molecule has 22 heavy (non-hydrogen) atoms. The zero-order chi connectivity index (χ0) is 15.9. The maximum Gasteiger partial charge on any atom is 0.269 e. The molecule has 0 unspecified atom stereocenters. The quantitative estimate of drug-likeness (QED) is 0.768. The average Bonchev–Trinajstić information content (AvgIpc) is 2.55. The Hall–Kier alpha value is -1.95. The van der Waals surface area contributed by atoms with Crippen molar-refractivity contribution in [3.63, 3.8) is 0 Å². The lowest BCUT2D eigenvalue weighted by molar-refractivity contribution is -0.121. The second kappa shape index (κ2) is 7.89. The molecule has 0 aliphatic heterocycles. The third kappa shape index (κ3) is 4.27. The van der Waals surface area contributed by atoms with E-state index in [1.54, 1.807) is 12.1 Å². The van der Waals surface area contributed by atoms with Crippen molar-refractivity contribution in [2.75, 3.05) is 18.4 Å². The van der Waals surface area contributed by atoms with E-state index in [9.17, 15) is 9.59 Å². The van der Waals surface area contributed by atoms with Crippen LogP contribution in [0.1, 0.15) is 43.1 Å². The normalized spacial score (nSPS) is 21.2. The fraction of sp³-hybridized carbons (Fsp3) is 0.562. The molecule has 0 bridgehead atoms. The van der Waals surface area contributed by atoms with Crippen LogP contribution in [0.4, 0.5) is 5.69 Å². The minimum atomic E-state index is -0.234. The van der Waals surface area contributed by atoms with Crippen LogP contribution < -0.4 is 16.4 Å². The Bertz CT molecular complexity index is 525. The lowest BCUT2D eigenvalue weighted by Crippen LogP contribution is -2.29. The predicted octanol–water partition coefficient (Wildman–Crippen LogP) is 1.53. The first-order valence-electron chi connectivity index (χ1n) is 7.89. The van der Waals surface area contributed by atoms with Gasteiger partial charge in [-0.1, -0.05) is 0 Å². The summed E-state index contributed by atoms with van der Waals surface area (Å²) in [7, 11) is 0. The Kier molecular flexibility index (Phi) is 5.89. The van der Waals surface area contributed by atoms with E-state index in [4.69, 9.17) is 5.73 Å². The Labute approximate surface area is 130 Å². The molecule has 2 rings (SSSR count). The molecule has 6 heteroatoms. The van der Waals surface area contributed by atoms with Crippen molar-refractivity contribution in [1.29, 1.82) is 0 Å². The second-order valence-corrected chi connectivity index (χ2v) is 5.73. The van der Waals surface area contributed by atoms with E-state index in [0.29, 0.717) is 30.4 Å². The number of nitrogens with two attached hydrogens (primary N) is 1. The van der Waals surface area contributed by atoms with E-state index in [1.807, 2.05) is 6.92 Å². The molecule has 1 fully saturated rings. The zero-order valence-corrected chi connectivity index (χ0v) is 13.0. The predicted molar refractivity (Wildman–Crippen MR) is 85.4 cm³/mol. The van der Waals surface area contributed by atoms with E-state index in [2.05, 4.69) is 15.6 Å². The van der Waals surface area contributed by atoms with Gasteiger partial charge in [-0.25, -0.2) is 0 Å². The molecule has 2 amide bonds. The molecule has 120 valence electrons. The molecule has 1 saturated carbocycles. The summed E-state index contributed by atoms with van der Waals surface area (Å²) in [5.41, 5.74) is 6.60. The highest BCUT2D eigenvalue weighted by Gasteiger charge is 2.25. The third-order valence-electron chi connectivity index (χ3n) is 4.15. The number of aromatic nitrogens is 1. The van der Waals surface area contributed by atoms with Crippen LogP contribution in [0.5, 0.6) is 0 Å². The van der Waals surface area contributed by atoms with E-state index in [-0.39, 0.29) is 17.7 Å². The van der Waals surface area contributed by atoms with Crippen molar-refractivity contribution >= 4 is 17.5 Å².